The monoisotopic (exact) mass is 446 g/mol. The predicted molar refractivity (Wildman–Crippen MR) is 114 cm³/mol. The van der Waals surface area contributed by atoms with Crippen molar-refractivity contribution in [1.29, 1.82) is 0 Å². The highest BCUT2D eigenvalue weighted by molar-refractivity contribution is 7.14. The van der Waals surface area contributed by atoms with Crippen LogP contribution in [0.3, 0.4) is 0 Å². The summed E-state index contributed by atoms with van der Waals surface area (Å²) >= 11 is 7.05. The number of aliphatic hydroxyl groups excluding tert-OH is 1. The van der Waals surface area contributed by atoms with Gasteiger partial charge in [0.1, 0.15) is 35.2 Å². The third kappa shape index (κ3) is 4.33. The fourth-order valence-electron chi connectivity index (χ4n) is 2.90. The van der Waals surface area contributed by atoms with Crippen molar-refractivity contribution in [2.45, 2.75) is 6.42 Å². The van der Waals surface area contributed by atoms with Crippen LogP contribution in [0.2, 0.25) is 5.02 Å². The van der Waals surface area contributed by atoms with Crippen LogP contribution in [0.25, 0.3) is 11.4 Å². The molecule has 0 radical (unpaired) electrons. The zero-order valence-corrected chi connectivity index (χ0v) is 17.1. The van der Waals surface area contributed by atoms with Gasteiger partial charge in [0.25, 0.3) is 0 Å². The largest absolute Gasteiger partial charge is 0.488 e. The molecule has 30 heavy (non-hydrogen) atoms. The molecule has 0 amide bonds. The van der Waals surface area contributed by atoms with Gasteiger partial charge in [0.15, 0.2) is 10.9 Å². The van der Waals surface area contributed by atoms with E-state index in [1.807, 2.05) is 5.38 Å². The number of anilines is 1. The first-order valence-electron chi connectivity index (χ1n) is 9.02. The van der Waals surface area contributed by atoms with Crippen LogP contribution in [0.15, 0.2) is 40.8 Å². The minimum Gasteiger partial charge on any atom is -0.488 e. The number of carbonyl (C=O) groups is 1. The summed E-state index contributed by atoms with van der Waals surface area (Å²) in [5.74, 6) is -0.386. The van der Waals surface area contributed by atoms with Crippen molar-refractivity contribution in [3.63, 3.8) is 0 Å². The van der Waals surface area contributed by atoms with Crippen LogP contribution in [0, 0.1) is 5.82 Å². The van der Waals surface area contributed by atoms with E-state index < -0.39 is 5.82 Å². The molecular formula is C20H16ClFN4O3S. The number of pyridine rings is 1. The number of aliphatic hydroxyl groups is 1. The van der Waals surface area contributed by atoms with E-state index >= 15 is 0 Å². The van der Waals surface area contributed by atoms with E-state index in [0.29, 0.717) is 45.8 Å². The van der Waals surface area contributed by atoms with Crippen molar-refractivity contribution in [2.75, 3.05) is 25.1 Å². The second-order valence-corrected chi connectivity index (χ2v) is 7.65. The molecule has 0 unspecified atom stereocenters. The SMILES string of the molecule is O=C1CC(COc2ccc(Cl)c(F)c2)=Nc2c1ccnc2-c1csc(NCCO)n1. The summed E-state index contributed by atoms with van der Waals surface area (Å²) in [6.07, 6.45) is 1.66. The van der Waals surface area contributed by atoms with Gasteiger partial charge in [-0.3, -0.25) is 14.8 Å². The lowest BCUT2D eigenvalue weighted by molar-refractivity contribution is 0.0998. The molecule has 0 saturated heterocycles. The normalized spacial score (nSPS) is 13.0. The van der Waals surface area contributed by atoms with Crippen LogP contribution in [-0.4, -0.2) is 46.3 Å². The summed E-state index contributed by atoms with van der Waals surface area (Å²) in [5.41, 5.74) is 2.48. The predicted octanol–water partition coefficient (Wildman–Crippen LogP) is 4.14. The standard InChI is InChI=1S/C20H16ClFN4O3S/c21-14-2-1-12(8-15(14)22)29-9-11-7-17(28)13-3-4-23-19(18(13)25-11)16-10-30-20(26-16)24-5-6-27/h1-4,8,10,27H,5-7,9H2,(H,24,26). The van der Waals surface area contributed by atoms with E-state index in [0.717, 1.165) is 0 Å². The molecule has 1 aliphatic heterocycles. The lowest BCUT2D eigenvalue weighted by atomic mass is 9.99. The highest BCUT2D eigenvalue weighted by Gasteiger charge is 2.25. The third-order valence-corrected chi connectivity index (χ3v) is 5.40. The fourth-order valence-corrected chi connectivity index (χ4v) is 3.74. The summed E-state index contributed by atoms with van der Waals surface area (Å²) in [6, 6.07) is 5.77. The number of benzene rings is 1. The van der Waals surface area contributed by atoms with Crippen molar-refractivity contribution in [3.8, 4) is 17.1 Å². The average molecular weight is 447 g/mol. The number of ether oxygens (including phenoxy) is 1. The number of aliphatic imine (C=N–C) groups is 1. The molecule has 0 spiro atoms. The highest BCUT2D eigenvalue weighted by atomic mass is 35.5. The summed E-state index contributed by atoms with van der Waals surface area (Å²) in [6.45, 7) is 0.408. The van der Waals surface area contributed by atoms with E-state index in [9.17, 15) is 9.18 Å². The molecule has 10 heteroatoms. The molecule has 154 valence electrons. The van der Waals surface area contributed by atoms with Crippen LogP contribution in [-0.2, 0) is 0 Å². The van der Waals surface area contributed by atoms with Gasteiger partial charge in [-0.15, -0.1) is 11.3 Å². The van der Waals surface area contributed by atoms with E-state index in [1.54, 1.807) is 18.3 Å². The highest BCUT2D eigenvalue weighted by Crippen LogP contribution is 2.36. The van der Waals surface area contributed by atoms with Crippen LogP contribution < -0.4 is 10.1 Å². The van der Waals surface area contributed by atoms with E-state index in [-0.39, 0.29) is 30.4 Å². The van der Waals surface area contributed by atoms with E-state index in [4.69, 9.17) is 21.4 Å². The number of ketones is 1. The molecule has 2 aromatic heterocycles. The van der Waals surface area contributed by atoms with Gasteiger partial charge in [-0.25, -0.2) is 9.37 Å². The summed E-state index contributed by atoms with van der Waals surface area (Å²) in [5, 5.41) is 14.4. The molecule has 3 heterocycles. The van der Waals surface area contributed by atoms with Crippen molar-refractivity contribution in [2.24, 2.45) is 4.99 Å². The number of nitrogens with one attached hydrogen (secondary N) is 1. The summed E-state index contributed by atoms with van der Waals surface area (Å²) in [4.78, 5) is 26.1. The number of hydrogen-bond donors (Lipinski definition) is 2. The lowest BCUT2D eigenvalue weighted by Crippen LogP contribution is -2.20. The topological polar surface area (TPSA) is 96.7 Å². The Hall–Kier alpha value is -2.88. The van der Waals surface area contributed by atoms with Crippen LogP contribution in [0.4, 0.5) is 15.2 Å². The molecule has 0 fully saturated rings. The van der Waals surface area contributed by atoms with Gasteiger partial charge in [-0.05, 0) is 18.2 Å². The number of hydrogen-bond acceptors (Lipinski definition) is 8. The molecular weight excluding hydrogens is 431 g/mol. The molecule has 1 aliphatic rings. The Kier molecular flexibility index (Phi) is 6.03. The summed E-state index contributed by atoms with van der Waals surface area (Å²) < 4.78 is 19.2. The van der Waals surface area contributed by atoms with Crippen molar-refractivity contribution < 1.29 is 19.0 Å². The molecule has 0 saturated carbocycles. The van der Waals surface area contributed by atoms with Gasteiger partial charge >= 0.3 is 0 Å². The number of halogens is 2. The second-order valence-electron chi connectivity index (χ2n) is 6.39. The molecule has 2 N–H and O–H groups in total. The smallest absolute Gasteiger partial charge is 0.183 e. The fraction of sp³-hybridized carbons (Fsp3) is 0.200. The lowest BCUT2D eigenvalue weighted by Gasteiger charge is -2.17. The Bertz CT molecular complexity index is 1130. The molecule has 4 rings (SSSR count). The van der Waals surface area contributed by atoms with Gasteiger partial charge in [0.05, 0.1) is 23.8 Å². The minimum atomic E-state index is -0.582. The zero-order chi connectivity index (χ0) is 21.1. The number of nitrogens with zero attached hydrogens (tertiary/aromatic N) is 3. The summed E-state index contributed by atoms with van der Waals surface area (Å²) in [7, 11) is 0. The minimum absolute atomic E-state index is 0.00638. The number of fused-ring (bicyclic) bond motifs is 1. The van der Waals surface area contributed by atoms with E-state index in [2.05, 4.69) is 20.3 Å². The Morgan fingerprint density at radius 1 is 1.33 bits per heavy atom. The third-order valence-electron chi connectivity index (χ3n) is 4.29. The maximum Gasteiger partial charge on any atom is 0.183 e. The molecule has 7 nitrogen and oxygen atoms in total. The average Bonchev–Trinajstić information content (AvgIpc) is 3.21. The first kappa shape index (κ1) is 20.4. The van der Waals surface area contributed by atoms with Crippen LogP contribution in [0.5, 0.6) is 5.75 Å². The van der Waals surface area contributed by atoms with Crippen molar-refractivity contribution in [3.05, 3.63) is 52.2 Å². The maximum absolute atomic E-state index is 13.6. The Morgan fingerprint density at radius 3 is 3.00 bits per heavy atom. The Balaban J connectivity index is 1.60. The van der Waals surface area contributed by atoms with Gasteiger partial charge in [-0.1, -0.05) is 11.6 Å². The van der Waals surface area contributed by atoms with Gasteiger partial charge in [-0.2, -0.15) is 0 Å². The molecule has 0 aliphatic carbocycles. The number of rotatable bonds is 7. The van der Waals surface area contributed by atoms with Crippen LogP contribution in [0.1, 0.15) is 16.8 Å². The van der Waals surface area contributed by atoms with Crippen molar-refractivity contribution in [1.82, 2.24) is 9.97 Å². The Labute approximate surface area is 180 Å². The first-order valence-corrected chi connectivity index (χ1v) is 10.3. The second kappa shape index (κ2) is 8.86. The molecule has 0 atom stereocenters. The van der Waals surface area contributed by atoms with Gasteiger partial charge < -0.3 is 15.2 Å². The van der Waals surface area contributed by atoms with Crippen molar-refractivity contribution >= 4 is 45.3 Å². The molecule has 3 aromatic rings. The van der Waals surface area contributed by atoms with Gasteiger partial charge in [0, 0.05) is 29.8 Å². The quantitative estimate of drug-likeness (QED) is 0.566. The molecule has 0 bridgehead atoms. The van der Waals surface area contributed by atoms with Crippen LogP contribution >= 0.6 is 22.9 Å². The maximum atomic E-state index is 13.6. The number of aromatic nitrogens is 2. The first-order chi connectivity index (χ1) is 14.5. The molecule has 1 aromatic carbocycles. The number of carbonyl (C=O) groups excluding carboxylic acids is 1. The van der Waals surface area contributed by atoms with E-state index in [1.165, 1.54) is 23.5 Å². The number of Topliss-reactive ketones (excluding diaryl/α,β-unsaturated/α-hetero) is 1. The number of thiazole rings is 1. The Morgan fingerprint density at radius 2 is 2.20 bits per heavy atom. The zero-order valence-electron chi connectivity index (χ0n) is 15.6. The van der Waals surface area contributed by atoms with Gasteiger partial charge in [0.2, 0.25) is 0 Å².